The van der Waals surface area contributed by atoms with Crippen LogP contribution in [-0.4, -0.2) is 91.6 Å². The number of hydrazine groups is 1. The van der Waals surface area contributed by atoms with E-state index in [-0.39, 0.29) is 31.7 Å². The van der Waals surface area contributed by atoms with Crippen molar-refractivity contribution >= 4 is 40.9 Å². The third kappa shape index (κ3) is 3.96. The highest BCUT2D eigenvalue weighted by molar-refractivity contribution is 7.93. The predicted octanol–water partition coefficient (Wildman–Crippen LogP) is -1.37. The molecular formula is C19H23N5O7S. The molecule has 5 amide bonds. The average molecular weight is 465 g/mol. The molecule has 3 N–H and O–H groups in total. The van der Waals surface area contributed by atoms with Gasteiger partial charge in [-0.25, -0.2) is 9.80 Å². The molecule has 2 aliphatic heterocycles. The highest BCUT2D eigenvalue weighted by Gasteiger charge is 2.58. The summed E-state index contributed by atoms with van der Waals surface area (Å²) in [5.74, 6) is -3.60. The summed E-state index contributed by atoms with van der Waals surface area (Å²) in [6.45, 7) is 1.80. The molecule has 0 saturated carbocycles. The van der Waals surface area contributed by atoms with Crippen molar-refractivity contribution in [3.05, 3.63) is 35.9 Å². The summed E-state index contributed by atoms with van der Waals surface area (Å²) < 4.78 is 12.2. The van der Waals surface area contributed by atoms with Crippen LogP contribution in [0, 0.1) is 0 Å². The Hall–Kier alpha value is -3.32. The van der Waals surface area contributed by atoms with Crippen molar-refractivity contribution in [2.45, 2.75) is 17.8 Å². The zero-order chi connectivity index (χ0) is 23.6. The fourth-order valence-corrected chi connectivity index (χ4v) is 4.41. The van der Waals surface area contributed by atoms with Crippen LogP contribution in [0.4, 0.5) is 4.79 Å². The van der Waals surface area contributed by atoms with Gasteiger partial charge in [0.05, 0.1) is 19.3 Å². The molecule has 3 unspecified atom stereocenters. The number of carbonyl (C=O) groups excluding carboxylic acids is 4. The van der Waals surface area contributed by atoms with Gasteiger partial charge in [-0.05, 0) is 23.7 Å². The highest BCUT2D eigenvalue weighted by atomic mass is 32.2. The van der Waals surface area contributed by atoms with Gasteiger partial charge >= 0.3 is 17.9 Å². The van der Waals surface area contributed by atoms with E-state index in [0.717, 1.165) is 0 Å². The van der Waals surface area contributed by atoms with Crippen LogP contribution in [-0.2, 0) is 30.4 Å². The Bertz CT molecular complexity index is 943. The van der Waals surface area contributed by atoms with E-state index in [2.05, 4.69) is 10.6 Å². The summed E-state index contributed by atoms with van der Waals surface area (Å²) >= 11 is -1.80. The summed E-state index contributed by atoms with van der Waals surface area (Å²) in [6.07, 6.45) is -0.401. The summed E-state index contributed by atoms with van der Waals surface area (Å²) in [5.41, 5.74) is 0.197. The van der Waals surface area contributed by atoms with Gasteiger partial charge in [0.25, 0.3) is 16.7 Å². The number of nitrogens with one attached hydrogen (secondary N) is 2. The van der Waals surface area contributed by atoms with Gasteiger partial charge in [-0.15, -0.1) is 0 Å². The Morgan fingerprint density at radius 3 is 2.38 bits per heavy atom. The van der Waals surface area contributed by atoms with Gasteiger partial charge in [0.2, 0.25) is 0 Å². The Labute approximate surface area is 186 Å². The summed E-state index contributed by atoms with van der Waals surface area (Å²) in [4.78, 5) is 62.3. The Morgan fingerprint density at radius 2 is 1.91 bits per heavy atom. The highest BCUT2D eigenvalue weighted by Crippen LogP contribution is 2.28. The van der Waals surface area contributed by atoms with Crippen LogP contribution in [0.5, 0.6) is 0 Å². The molecule has 1 aromatic rings. The maximum Gasteiger partial charge on any atom is 0.427 e. The van der Waals surface area contributed by atoms with Crippen LogP contribution in [0.15, 0.2) is 30.3 Å². The lowest BCUT2D eigenvalue weighted by atomic mass is 10.0. The van der Waals surface area contributed by atoms with Gasteiger partial charge in [0.15, 0.2) is 6.04 Å². The third-order valence-corrected chi connectivity index (χ3v) is 6.83. The number of likely N-dealkylation sites (N-methyl/N-ethyl adjacent to an activating group) is 1. The Morgan fingerprint density at radius 1 is 1.25 bits per heavy atom. The minimum Gasteiger partial charge on any atom is -0.614 e. The van der Waals surface area contributed by atoms with Crippen molar-refractivity contribution in [3.63, 3.8) is 0 Å². The third-order valence-electron chi connectivity index (χ3n) is 5.41. The number of β-lactam (4-membered cyclic amide) rings is 1. The molecule has 0 radical (unpaired) electrons. The lowest BCUT2D eigenvalue weighted by Crippen LogP contribution is -2.77. The van der Waals surface area contributed by atoms with Gasteiger partial charge in [-0.1, -0.05) is 30.3 Å². The summed E-state index contributed by atoms with van der Waals surface area (Å²) in [6, 6.07) is 6.13. The van der Waals surface area contributed by atoms with Crippen molar-refractivity contribution in [1.82, 2.24) is 25.6 Å². The number of hydrogen-bond donors (Lipinski definition) is 3. The van der Waals surface area contributed by atoms with Crippen LogP contribution < -0.4 is 10.6 Å². The molecule has 3 atom stereocenters. The van der Waals surface area contributed by atoms with E-state index in [1.165, 1.54) is 23.3 Å². The Kier molecular flexibility index (Phi) is 6.60. The normalized spacial score (nSPS) is 22.5. The van der Waals surface area contributed by atoms with E-state index in [4.69, 9.17) is 0 Å². The molecule has 32 heavy (non-hydrogen) atoms. The molecule has 2 saturated heterocycles. The van der Waals surface area contributed by atoms with E-state index in [1.54, 1.807) is 25.1 Å². The van der Waals surface area contributed by atoms with Crippen LogP contribution in [0.2, 0.25) is 0 Å². The largest absolute Gasteiger partial charge is 0.614 e. The van der Waals surface area contributed by atoms with Gasteiger partial charge in [0.1, 0.15) is 0 Å². The molecule has 0 aliphatic carbocycles. The molecular weight excluding hydrogens is 442 g/mol. The number of hydrogen-bond acceptors (Lipinski definition) is 6. The lowest BCUT2D eigenvalue weighted by molar-refractivity contribution is -0.171. The number of carbonyl (C=O) groups is 5. The van der Waals surface area contributed by atoms with E-state index in [0.29, 0.717) is 10.0 Å². The van der Waals surface area contributed by atoms with Crippen LogP contribution in [0.25, 0.3) is 0 Å². The number of amides is 5. The molecule has 0 spiro atoms. The maximum atomic E-state index is 13.3. The molecule has 2 fully saturated rings. The van der Waals surface area contributed by atoms with Gasteiger partial charge in [-0.2, -0.15) is 5.01 Å². The first-order chi connectivity index (χ1) is 15.1. The molecule has 0 bridgehead atoms. The van der Waals surface area contributed by atoms with Crippen LogP contribution >= 0.6 is 0 Å². The van der Waals surface area contributed by atoms with E-state index in [9.17, 15) is 33.6 Å². The second kappa shape index (κ2) is 9.04. The standard InChI is InChI=1S/C19H23N5O7S/c1-3-22-9-10-23(16(27)15(22)26)24(18(29)30)13(12-7-5-4-6-8-12)14(25)21-19(32(2)31)11-20-17(19)28/h4-8,13H,3,9-11H2,1-2H3,(H,20,28)(H,21,25)(H,29,30). The smallest absolute Gasteiger partial charge is 0.427 e. The first-order valence-electron chi connectivity index (χ1n) is 9.75. The summed E-state index contributed by atoms with van der Waals surface area (Å²) in [7, 11) is 0. The molecule has 172 valence electrons. The number of carboxylic acid groups (broad SMARTS) is 1. The average Bonchev–Trinajstić information content (AvgIpc) is 2.76. The fourth-order valence-electron chi connectivity index (χ4n) is 3.56. The minimum absolute atomic E-state index is 0.0826. The lowest BCUT2D eigenvalue weighted by Gasteiger charge is -2.43. The predicted molar refractivity (Wildman–Crippen MR) is 111 cm³/mol. The monoisotopic (exact) mass is 465 g/mol. The van der Waals surface area contributed by atoms with Crippen LogP contribution in [0.1, 0.15) is 18.5 Å². The molecule has 12 nitrogen and oxygen atoms in total. The second-order valence-corrected chi connectivity index (χ2v) is 8.81. The van der Waals surface area contributed by atoms with Gasteiger partial charge < -0.3 is 19.9 Å². The zero-order valence-corrected chi connectivity index (χ0v) is 18.3. The van der Waals surface area contributed by atoms with Crippen LogP contribution in [0.3, 0.4) is 0 Å². The van der Waals surface area contributed by atoms with Gasteiger partial charge in [0, 0.05) is 13.1 Å². The number of nitrogens with zero attached hydrogens (tertiary/aromatic N) is 3. The van der Waals surface area contributed by atoms with E-state index < -0.39 is 51.8 Å². The van der Waals surface area contributed by atoms with Crippen molar-refractivity contribution < 1.29 is 33.6 Å². The first kappa shape index (κ1) is 23.3. The minimum atomic E-state index is -1.80. The molecule has 3 rings (SSSR count). The zero-order valence-electron chi connectivity index (χ0n) is 17.4. The molecule has 1 aromatic carbocycles. The van der Waals surface area contributed by atoms with Crippen molar-refractivity contribution in [2.24, 2.45) is 0 Å². The molecule has 2 heterocycles. The number of benzene rings is 1. The number of rotatable bonds is 7. The topological polar surface area (TPSA) is 162 Å². The summed E-state index contributed by atoms with van der Waals surface area (Å²) in [5, 5.41) is 16.0. The van der Waals surface area contributed by atoms with Crippen molar-refractivity contribution in [3.8, 4) is 0 Å². The SMILES string of the molecule is CCN1CCN(N(C(=O)O)C(C(=O)NC2([S+](C)[O-])CNC2=O)c2ccccc2)C(=O)C1=O. The first-order valence-corrected chi connectivity index (χ1v) is 11.3. The molecule has 0 aromatic heterocycles. The number of piperazine rings is 1. The Balaban J connectivity index is 2.01. The van der Waals surface area contributed by atoms with Gasteiger partial charge in [-0.3, -0.25) is 24.5 Å². The molecule has 13 heteroatoms. The van der Waals surface area contributed by atoms with Crippen molar-refractivity contribution in [2.75, 3.05) is 32.4 Å². The fraction of sp³-hybridized carbons (Fsp3) is 0.421. The quantitative estimate of drug-likeness (QED) is 0.254. The maximum absolute atomic E-state index is 13.3. The van der Waals surface area contributed by atoms with E-state index >= 15 is 0 Å². The van der Waals surface area contributed by atoms with Crippen molar-refractivity contribution in [1.29, 1.82) is 0 Å². The van der Waals surface area contributed by atoms with E-state index in [1.807, 2.05) is 0 Å². The second-order valence-electron chi connectivity index (χ2n) is 7.21. The molecule has 2 aliphatic rings.